The summed E-state index contributed by atoms with van der Waals surface area (Å²) >= 11 is 5.86. The predicted octanol–water partition coefficient (Wildman–Crippen LogP) is 1.81. The lowest BCUT2D eigenvalue weighted by Gasteiger charge is -2.13. The average Bonchev–Trinajstić information content (AvgIpc) is 2.80. The molecule has 24 heavy (non-hydrogen) atoms. The summed E-state index contributed by atoms with van der Waals surface area (Å²) in [4.78, 5) is 52.4. The van der Waals surface area contributed by atoms with Gasteiger partial charge in [-0.2, -0.15) is 0 Å². The molecule has 0 aromatic heterocycles. The first kappa shape index (κ1) is 15.7. The molecule has 2 aromatic rings. The van der Waals surface area contributed by atoms with E-state index in [1.165, 1.54) is 30.3 Å². The Bertz CT molecular complexity index is 874. The van der Waals surface area contributed by atoms with E-state index in [9.17, 15) is 19.2 Å². The lowest BCUT2D eigenvalue weighted by atomic mass is 10.1. The highest BCUT2D eigenvalue weighted by Gasteiger charge is 2.38. The number of nitrogens with zero attached hydrogens (tertiary/aromatic N) is 1. The lowest BCUT2D eigenvalue weighted by molar-refractivity contribution is -0.0584. The van der Waals surface area contributed by atoms with Gasteiger partial charge in [-0.25, -0.2) is 4.79 Å². The highest BCUT2D eigenvalue weighted by molar-refractivity contribution is 6.34. The number of fused-ring (bicyclic) bond motifs is 1. The summed E-state index contributed by atoms with van der Waals surface area (Å²) < 4.78 is 0. The SMILES string of the molecule is NC(=O)c1ccc(C(=O)ON2C(=O)c3ccccc3C2=O)cc1Cl. The number of hydrogen-bond donors (Lipinski definition) is 1. The molecule has 0 aliphatic carbocycles. The van der Waals surface area contributed by atoms with E-state index in [0.717, 1.165) is 0 Å². The molecular weight excluding hydrogens is 336 g/mol. The van der Waals surface area contributed by atoms with Gasteiger partial charge in [0.1, 0.15) is 0 Å². The van der Waals surface area contributed by atoms with Crippen molar-refractivity contribution >= 4 is 35.3 Å². The molecule has 0 unspecified atom stereocenters. The van der Waals surface area contributed by atoms with Crippen molar-refractivity contribution in [2.45, 2.75) is 0 Å². The number of hydroxylamine groups is 2. The maximum Gasteiger partial charge on any atom is 0.364 e. The number of hydrogen-bond acceptors (Lipinski definition) is 5. The summed E-state index contributed by atoms with van der Waals surface area (Å²) in [6.45, 7) is 0. The van der Waals surface area contributed by atoms with Gasteiger partial charge in [-0.1, -0.05) is 28.8 Å². The van der Waals surface area contributed by atoms with Crippen molar-refractivity contribution in [2.24, 2.45) is 5.73 Å². The van der Waals surface area contributed by atoms with Gasteiger partial charge in [0, 0.05) is 0 Å². The molecule has 120 valence electrons. The molecular formula is C16H9ClN2O5. The smallest absolute Gasteiger partial charge is 0.364 e. The van der Waals surface area contributed by atoms with Gasteiger partial charge in [-0.15, -0.1) is 0 Å². The number of benzene rings is 2. The molecule has 0 saturated carbocycles. The highest BCUT2D eigenvalue weighted by Crippen LogP contribution is 2.24. The molecule has 7 nitrogen and oxygen atoms in total. The van der Waals surface area contributed by atoms with E-state index in [1.54, 1.807) is 12.1 Å². The lowest BCUT2D eigenvalue weighted by Crippen LogP contribution is -2.32. The number of carbonyl (C=O) groups is 4. The number of halogens is 1. The molecule has 1 heterocycles. The van der Waals surface area contributed by atoms with E-state index in [4.69, 9.17) is 22.2 Å². The van der Waals surface area contributed by atoms with Gasteiger partial charge in [-0.05, 0) is 30.3 Å². The van der Waals surface area contributed by atoms with Crippen LogP contribution >= 0.6 is 11.6 Å². The van der Waals surface area contributed by atoms with Crippen LogP contribution in [-0.2, 0) is 4.84 Å². The van der Waals surface area contributed by atoms with Crippen molar-refractivity contribution in [1.29, 1.82) is 0 Å². The standard InChI is InChI=1S/C16H9ClN2O5/c17-12-7-8(5-6-11(12)13(18)20)16(23)24-19-14(21)9-3-1-2-4-10(9)15(19)22/h1-7H,(H2,18,20). The fourth-order valence-electron chi connectivity index (χ4n) is 2.23. The Labute approximate surface area is 140 Å². The molecule has 1 aliphatic heterocycles. The van der Waals surface area contributed by atoms with Gasteiger partial charge in [0.05, 0.1) is 27.3 Å². The largest absolute Gasteiger partial charge is 0.366 e. The summed E-state index contributed by atoms with van der Waals surface area (Å²) in [7, 11) is 0. The Balaban J connectivity index is 1.84. The monoisotopic (exact) mass is 344 g/mol. The Hall–Kier alpha value is -3.19. The quantitative estimate of drug-likeness (QED) is 0.854. The number of nitrogens with two attached hydrogens (primary N) is 1. The van der Waals surface area contributed by atoms with Crippen LogP contribution in [0.15, 0.2) is 42.5 Å². The Kier molecular flexibility index (Phi) is 3.78. The molecule has 0 atom stereocenters. The third-order valence-corrected chi connectivity index (χ3v) is 3.71. The van der Waals surface area contributed by atoms with Crippen molar-refractivity contribution in [3.8, 4) is 0 Å². The van der Waals surface area contributed by atoms with E-state index in [2.05, 4.69) is 0 Å². The molecule has 0 bridgehead atoms. The molecule has 3 amide bonds. The van der Waals surface area contributed by atoms with E-state index < -0.39 is 23.7 Å². The fourth-order valence-corrected chi connectivity index (χ4v) is 2.50. The molecule has 2 N–H and O–H groups in total. The van der Waals surface area contributed by atoms with Crippen LogP contribution in [0.3, 0.4) is 0 Å². The van der Waals surface area contributed by atoms with Crippen LogP contribution in [-0.4, -0.2) is 28.8 Å². The van der Waals surface area contributed by atoms with E-state index in [-0.39, 0.29) is 27.3 Å². The van der Waals surface area contributed by atoms with Crippen molar-refractivity contribution in [2.75, 3.05) is 0 Å². The molecule has 3 rings (SSSR count). The fraction of sp³-hybridized carbons (Fsp3) is 0. The summed E-state index contributed by atoms with van der Waals surface area (Å²) in [6.07, 6.45) is 0. The number of carbonyl (C=O) groups excluding carboxylic acids is 4. The van der Waals surface area contributed by atoms with Crippen LogP contribution in [0.1, 0.15) is 41.4 Å². The average molecular weight is 345 g/mol. The van der Waals surface area contributed by atoms with E-state index >= 15 is 0 Å². The Morgan fingerprint density at radius 2 is 1.58 bits per heavy atom. The topological polar surface area (TPSA) is 107 Å². The molecule has 0 saturated heterocycles. The van der Waals surface area contributed by atoms with Crippen LogP contribution in [0.25, 0.3) is 0 Å². The zero-order chi connectivity index (χ0) is 17.4. The van der Waals surface area contributed by atoms with Crippen molar-refractivity contribution in [3.05, 3.63) is 69.7 Å². The zero-order valence-electron chi connectivity index (χ0n) is 12.0. The highest BCUT2D eigenvalue weighted by atomic mass is 35.5. The minimum Gasteiger partial charge on any atom is -0.366 e. The van der Waals surface area contributed by atoms with Crippen LogP contribution in [0.5, 0.6) is 0 Å². The van der Waals surface area contributed by atoms with Crippen LogP contribution in [0, 0.1) is 0 Å². The number of amides is 3. The zero-order valence-corrected chi connectivity index (χ0v) is 12.7. The summed E-state index contributed by atoms with van der Waals surface area (Å²) in [5.74, 6) is -3.18. The summed E-state index contributed by atoms with van der Waals surface area (Å²) in [6, 6.07) is 9.79. The van der Waals surface area contributed by atoms with Crippen LogP contribution < -0.4 is 5.73 Å². The van der Waals surface area contributed by atoms with Crippen molar-refractivity contribution in [3.63, 3.8) is 0 Å². The summed E-state index contributed by atoms with van der Waals surface area (Å²) in [5, 5.41) is 0.349. The predicted molar refractivity (Wildman–Crippen MR) is 82.3 cm³/mol. The number of rotatable bonds is 3. The summed E-state index contributed by atoms with van der Waals surface area (Å²) in [5.41, 5.74) is 5.42. The molecule has 0 fully saturated rings. The van der Waals surface area contributed by atoms with E-state index in [1.807, 2.05) is 0 Å². The maximum absolute atomic E-state index is 12.1. The molecule has 0 spiro atoms. The second-order valence-corrected chi connectivity index (χ2v) is 5.30. The van der Waals surface area contributed by atoms with Gasteiger partial charge in [0.25, 0.3) is 11.8 Å². The number of imide groups is 1. The molecule has 1 aliphatic rings. The van der Waals surface area contributed by atoms with Crippen molar-refractivity contribution < 1.29 is 24.0 Å². The molecule has 0 radical (unpaired) electrons. The first-order valence-corrected chi connectivity index (χ1v) is 7.07. The Morgan fingerprint density at radius 3 is 2.08 bits per heavy atom. The van der Waals surface area contributed by atoms with Gasteiger partial charge in [0.15, 0.2) is 0 Å². The van der Waals surface area contributed by atoms with Crippen LogP contribution in [0.4, 0.5) is 0 Å². The second kappa shape index (κ2) is 5.78. The van der Waals surface area contributed by atoms with Gasteiger partial charge in [0.2, 0.25) is 5.91 Å². The minimum absolute atomic E-state index is 0.0361. The molecule has 2 aromatic carbocycles. The molecule has 8 heteroatoms. The van der Waals surface area contributed by atoms with Crippen LogP contribution in [0.2, 0.25) is 5.02 Å². The van der Waals surface area contributed by atoms with Crippen molar-refractivity contribution in [1.82, 2.24) is 5.06 Å². The normalized spacial score (nSPS) is 13.0. The van der Waals surface area contributed by atoms with Gasteiger partial charge >= 0.3 is 5.97 Å². The van der Waals surface area contributed by atoms with Gasteiger partial charge in [-0.3, -0.25) is 14.4 Å². The Morgan fingerprint density at radius 1 is 1.00 bits per heavy atom. The van der Waals surface area contributed by atoms with Gasteiger partial charge < -0.3 is 10.6 Å². The first-order valence-electron chi connectivity index (χ1n) is 6.69. The third-order valence-electron chi connectivity index (χ3n) is 3.40. The third kappa shape index (κ3) is 2.50. The maximum atomic E-state index is 12.1. The second-order valence-electron chi connectivity index (χ2n) is 4.89. The number of primary amides is 1. The minimum atomic E-state index is -0.970. The first-order chi connectivity index (χ1) is 11.4. The van der Waals surface area contributed by atoms with E-state index in [0.29, 0.717) is 5.06 Å².